The van der Waals surface area contributed by atoms with Gasteiger partial charge in [0.25, 0.3) is 5.91 Å². The van der Waals surface area contributed by atoms with Gasteiger partial charge >= 0.3 is 0 Å². The van der Waals surface area contributed by atoms with Gasteiger partial charge in [-0.1, -0.05) is 35.9 Å². The van der Waals surface area contributed by atoms with Crippen molar-refractivity contribution in [1.82, 2.24) is 4.90 Å². The number of rotatable bonds is 2. The number of amides is 1. The Bertz CT molecular complexity index is 796. The molecule has 0 aliphatic carbocycles. The highest BCUT2D eigenvalue weighted by Gasteiger charge is 2.26. The summed E-state index contributed by atoms with van der Waals surface area (Å²) in [4.78, 5) is 16.8. The topological polar surface area (TPSA) is 35.6 Å². The molecule has 0 aromatic heterocycles. The van der Waals surface area contributed by atoms with E-state index in [0.29, 0.717) is 5.02 Å². The Labute approximate surface area is 146 Å². The first-order valence-corrected chi connectivity index (χ1v) is 8.46. The second-order valence-electron chi connectivity index (χ2n) is 6.05. The van der Waals surface area contributed by atoms with Gasteiger partial charge in [0, 0.05) is 48.7 Å². The van der Waals surface area contributed by atoms with E-state index in [-0.39, 0.29) is 5.91 Å². The smallest absolute Gasteiger partial charge is 0.257 e. The van der Waals surface area contributed by atoms with Crippen LogP contribution in [0.3, 0.4) is 0 Å². The van der Waals surface area contributed by atoms with Gasteiger partial charge in [0.05, 0.1) is 11.3 Å². The van der Waals surface area contributed by atoms with E-state index in [0.717, 1.165) is 43.0 Å². The van der Waals surface area contributed by atoms with Crippen molar-refractivity contribution in [3.05, 3.63) is 65.3 Å². The predicted molar refractivity (Wildman–Crippen MR) is 98.3 cm³/mol. The Morgan fingerprint density at radius 2 is 1.75 bits per heavy atom. The van der Waals surface area contributed by atoms with Crippen molar-refractivity contribution in [3.63, 3.8) is 0 Å². The van der Waals surface area contributed by atoms with Gasteiger partial charge < -0.3 is 15.1 Å². The summed E-state index contributed by atoms with van der Waals surface area (Å²) in [6.45, 7) is 3.69. The van der Waals surface area contributed by atoms with E-state index < -0.39 is 0 Å². The summed E-state index contributed by atoms with van der Waals surface area (Å²) in [6.07, 6.45) is 1.98. The lowest BCUT2D eigenvalue weighted by Crippen LogP contribution is -2.44. The van der Waals surface area contributed by atoms with E-state index in [2.05, 4.69) is 39.4 Å². The number of benzene rings is 2. The standard InChI is InChI=1S/C19H18ClN3O/c20-14-6-7-16-17(19(24)21-18(16)12-14)13-22-8-10-23(11-9-22)15-4-2-1-3-5-15/h1-7,12-13H,8-11H2,(H,21,24)/b17-13+. The number of carbonyl (C=O) groups excluding carboxylic acids is 1. The summed E-state index contributed by atoms with van der Waals surface area (Å²) < 4.78 is 0. The zero-order valence-electron chi connectivity index (χ0n) is 13.2. The number of anilines is 2. The van der Waals surface area contributed by atoms with Crippen LogP contribution in [0.25, 0.3) is 5.57 Å². The summed E-state index contributed by atoms with van der Waals surface area (Å²) in [5.41, 5.74) is 3.69. The van der Waals surface area contributed by atoms with Crippen LogP contribution in [-0.4, -0.2) is 37.0 Å². The van der Waals surface area contributed by atoms with E-state index in [4.69, 9.17) is 11.6 Å². The molecule has 2 aliphatic heterocycles. The van der Waals surface area contributed by atoms with Crippen molar-refractivity contribution in [1.29, 1.82) is 0 Å². The molecule has 122 valence electrons. The van der Waals surface area contributed by atoms with Crippen LogP contribution in [0.1, 0.15) is 5.56 Å². The van der Waals surface area contributed by atoms with Gasteiger partial charge in [-0.15, -0.1) is 0 Å². The fourth-order valence-electron chi connectivity index (χ4n) is 3.23. The maximum absolute atomic E-state index is 12.2. The average Bonchev–Trinajstić information content (AvgIpc) is 2.91. The third-order valence-electron chi connectivity index (χ3n) is 4.51. The molecular formula is C19H18ClN3O. The monoisotopic (exact) mass is 339 g/mol. The molecule has 0 saturated carbocycles. The Hall–Kier alpha value is -2.46. The van der Waals surface area contributed by atoms with Gasteiger partial charge in [0.1, 0.15) is 0 Å². The second kappa shape index (κ2) is 6.21. The molecule has 4 nitrogen and oxygen atoms in total. The predicted octanol–water partition coefficient (Wildman–Crippen LogP) is 3.46. The van der Waals surface area contributed by atoms with Crippen LogP contribution in [0, 0.1) is 0 Å². The van der Waals surface area contributed by atoms with E-state index in [9.17, 15) is 4.79 Å². The highest BCUT2D eigenvalue weighted by molar-refractivity contribution is 6.34. The maximum Gasteiger partial charge on any atom is 0.257 e. The summed E-state index contributed by atoms with van der Waals surface area (Å²) in [7, 11) is 0. The molecule has 2 aliphatic rings. The zero-order chi connectivity index (χ0) is 16.5. The highest BCUT2D eigenvalue weighted by Crippen LogP contribution is 2.34. The molecule has 0 atom stereocenters. The average molecular weight is 340 g/mol. The number of para-hydroxylation sites is 1. The van der Waals surface area contributed by atoms with E-state index in [1.165, 1.54) is 5.69 Å². The Morgan fingerprint density at radius 3 is 2.50 bits per heavy atom. The molecule has 5 heteroatoms. The normalized spacial score (nSPS) is 18.7. The van der Waals surface area contributed by atoms with Crippen LogP contribution >= 0.6 is 11.6 Å². The van der Waals surface area contributed by atoms with E-state index in [1.54, 1.807) is 6.07 Å². The number of carbonyl (C=O) groups is 1. The van der Waals surface area contributed by atoms with Crippen molar-refractivity contribution in [2.24, 2.45) is 0 Å². The van der Waals surface area contributed by atoms with Crippen molar-refractivity contribution < 1.29 is 4.79 Å². The van der Waals surface area contributed by atoms with Crippen LogP contribution in [0.15, 0.2) is 54.7 Å². The minimum atomic E-state index is -0.0576. The number of piperazine rings is 1. The molecule has 0 radical (unpaired) electrons. The first kappa shape index (κ1) is 15.1. The number of fused-ring (bicyclic) bond motifs is 1. The fraction of sp³-hybridized carbons (Fsp3) is 0.211. The highest BCUT2D eigenvalue weighted by atomic mass is 35.5. The molecule has 4 rings (SSSR count). The van der Waals surface area contributed by atoms with Crippen LogP contribution in [0.4, 0.5) is 11.4 Å². The van der Waals surface area contributed by atoms with Gasteiger partial charge in [-0.3, -0.25) is 4.79 Å². The minimum absolute atomic E-state index is 0.0576. The SMILES string of the molecule is O=C1Nc2cc(Cl)ccc2/C1=C\N1CCN(c2ccccc2)CC1. The molecule has 1 saturated heterocycles. The molecule has 0 bridgehead atoms. The van der Waals surface area contributed by atoms with Crippen molar-refractivity contribution >= 4 is 34.5 Å². The van der Waals surface area contributed by atoms with Crippen LogP contribution in [-0.2, 0) is 4.79 Å². The Kier molecular flexibility index (Phi) is 3.90. The summed E-state index contributed by atoms with van der Waals surface area (Å²) in [5.74, 6) is -0.0576. The maximum atomic E-state index is 12.2. The van der Waals surface area contributed by atoms with Gasteiger partial charge in [-0.2, -0.15) is 0 Å². The molecule has 0 spiro atoms. The summed E-state index contributed by atoms with van der Waals surface area (Å²) in [6, 6.07) is 16.0. The fourth-order valence-corrected chi connectivity index (χ4v) is 3.40. The molecule has 0 unspecified atom stereocenters. The molecular weight excluding hydrogens is 322 g/mol. The lowest BCUT2D eigenvalue weighted by Gasteiger charge is -2.35. The number of nitrogens with one attached hydrogen (secondary N) is 1. The third-order valence-corrected chi connectivity index (χ3v) is 4.75. The molecule has 2 aromatic carbocycles. The molecule has 2 aromatic rings. The molecule has 1 fully saturated rings. The summed E-state index contributed by atoms with van der Waals surface area (Å²) in [5, 5.41) is 3.52. The molecule has 2 heterocycles. The molecule has 1 amide bonds. The Morgan fingerprint density at radius 1 is 1.00 bits per heavy atom. The van der Waals surface area contributed by atoms with Crippen molar-refractivity contribution in [3.8, 4) is 0 Å². The lowest BCUT2D eigenvalue weighted by atomic mass is 10.1. The van der Waals surface area contributed by atoms with Crippen LogP contribution in [0.2, 0.25) is 5.02 Å². The number of nitrogens with zero attached hydrogens (tertiary/aromatic N) is 2. The minimum Gasteiger partial charge on any atom is -0.373 e. The van der Waals surface area contributed by atoms with Gasteiger partial charge in [0.2, 0.25) is 0 Å². The first-order chi connectivity index (χ1) is 11.7. The van der Waals surface area contributed by atoms with Gasteiger partial charge in [-0.05, 0) is 24.3 Å². The van der Waals surface area contributed by atoms with Gasteiger partial charge in [0.15, 0.2) is 0 Å². The Balaban J connectivity index is 1.49. The number of halogens is 1. The van der Waals surface area contributed by atoms with Crippen molar-refractivity contribution in [2.75, 3.05) is 36.4 Å². The van der Waals surface area contributed by atoms with Crippen LogP contribution in [0.5, 0.6) is 0 Å². The van der Waals surface area contributed by atoms with Crippen LogP contribution < -0.4 is 10.2 Å². The zero-order valence-corrected chi connectivity index (χ0v) is 14.0. The third kappa shape index (κ3) is 2.85. The number of hydrogen-bond donors (Lipinski definition) is 1. The lowest BCUT2D eigenvalue weighted by molar-refractivity contribution is -0.110. The largest absolute Gasteiger partial charge is 0.373 e. The van der Waals surface area contributed by atoms with Gasteiger partial charge in [-0.25, -0.2) is 0 Å². The van der Waals surface area contributed by atoms with E-state index in [1.807, 2.05) is 24.4 Å². The first-order valence-electron chi connectivity index (χ1n) is 8.08. The quantitative estimate of drug-likeness (QED) is 0.851. The molecule has 1 N–H and O–H groups in total. The summed E-state index contributed by atoms with van der Waals surface area (Å²) >= 11 is 6.00. The van der Waals surface area contributed by atoms with E-state index >= 15 is 0 Å². The second-order valence-corrected chi connectivity index (χ2v) is 6.48. The number of hydrogen-bond acceptors (Lipinski definition) is 3. The molecule has 24 heavy (non-hydrogen) atoms. The van der Waals surface area contributed by atoms with Crippen molar-refractivity contribution in [2.45, 2.75) is 0 Å².